The summed E-state index contributed by atoms with van der Waals surface area (Å²) in [6.45, 7) is 4.23. The van der Waals surface area contributed by atoms with Gasteiger partial charge in [-0.3, -0.25) is 14.9 Å². The number of nitro groups is 1. The van der Waals surface area contributed by atoms with E-state index < -0.39 is 10.5 Å². The number of carbonyl (C=O) groups excluding carboxylic acids is 1. The van der Waals surface area contributed by atoms with E-state index in [1.54, 1.807) is 0 Å². The molecular weight excluding hydrogens is 134 g/mol. The van der Waals surface area contributed by atoms with Crippen LogP contribution in [-0.2, 0) is 4.79 Å². The van der Waals surface area contributed by atoms with Gasteiger partial charge in [0.1, 0.15) is 5.78 Å². The Balaban J connectivity index is 4.13. The smallest absolute Gasteiger partial charge is 0.223 e. The van der Waals surface area contributed by atoms with E-state index in [-0.39, 0.29) is 12.2 Å². The summed E-state index contributed by atoms with van der Waals surface area (Å²) >= 11 is 0. The van der Waals surface area contributed by atoms with E-state index in [0.717, 1.165) is 0 Å². The minimum absolute atomic E-state index is 0. The van der Waals surface area contributed by atoms with Gasteiger partial charge in [0.15, 0.2) is 0 Å². The van der Waals surface area contributed by atoms with Gasteiger partial charge in [-0.15, -0.1) is 0 Å². The van der Waals surface area contributed by atoms with Crippen LogP contribution in [0.1, 0.15) is 27.2 Å². The molecule has 0 saturated heterocycles. The van der Waals surface area contributed by atoms with Crippen LogP contribution in [-0.4, -0.2) is 16.2 Å². The van der Waals surface area contributed by atoms with Crippen molar-refractivity contribution in [2.75, 3.05) is 0 Å². The molecule has 10 heavy (non-hydrogen) atoms. The predicted molar refractivity (Wildman–Crippen MR) is 36.4 cm³/mol. The number of Topliss-reactive ketones (excluding diaryl/α,β-unsaturated/α-hetero) is 1. The fourth-order valence-corrected chi connectivity index (χ4v) is 0.674. The van der Waals surface area contributed by atoms with E-state index in [9.17, 15) is 14.9 Å². The van der Waals surface area contributed by atoms with E-state index in [2.05, 4.69) is 0 Å². The minimum atomic E-state index is -1.11. The summed E-state index contributed by atoms with van der Waals surface area (Å²) in [5.74, 6) is -0.151. The van der Waals surface area contributed by atoms with Crippen LogP contribution in [0.4, 0.5) is 0 Å². The molecule has 0 rings (SSSR count). The molecule has 0 heterocycles. The van der Waals surface area contributed by atoms with Gasteiger partial charge >= 0.3 is 0 Å². The number of nitrogens with zero attached hydrogens (tertiary/aromatic N) is 1. The molecule has 0 radical (unpaired) electrons. The van der Waals surface area contributed by atoms with Gasteiger partial charge in [0.05, 0.1) is 6.42 Å². The van der Waals surface area contributed by atoms with Gasteiger partial charge in [-0.2, -0.15) is 0 Å². The molecule has 0 aromatic carbocycles. The minimum Gasteiger partial charge on any atom is -0.300 e. The standard InChI is InChI=1S/C6H11NO3/c1-5(8)4-6(2,3)7(9)10/h4H2,1-3H3. The molecular formula is C6H11NO3. The predicted octanol–water partition coefficient (Wildman–Crippen LogP) is 1.02. The van der Waals surface area contributed by atoms with Crippen LogP contribution in [0.5, 0.6) is 0 Å². The summed E-state index contributed by atoms with van der Waals surface area (Å²) in [6, 6.07) is 0. The molecule has 0 atom stereocenters. The second kappa shape index (κ2) is 2.77. The van der Waals surface area contributed by atoms with E-state index in [0.29, 0.717) is 0 Å². The number of hydrogen-bond donors (Lipinski definition) is 0. The number of carbonyl (C=O) groups is 1. The molecule has 4 heteroatoms. The molecule has 0 aliphatic rings. The lowest BCUT2D eigenvalue weighted by atomic mass is 10.00. The summed E-state index contributed by atoms with van der Waals surface area (Å²) in [4.78, 5) is 20.2. The first-order valence-corrected chi connectivity index (χ1v) is 3.00. The molecule has 0 spiro atoms. The van der Waals surface area contributed by atoms with Crippen molar-refractivity contribution < 1.29 is 9.72 Å². The Kier molecular flexibility index (Phi) is 2.51. The number of hydrogen-bond acceptors (Lipinski definition) is 3. The SMILES string of the molecule is CC(=O)CC(C)(C)[N+](=O)[O-]. The van der Waals surface area contributed by atoms with Gasteiger partial charge in [-0.25, -0.2) is 0 Å². The van der Waals surface area contributed by atoms with Crippen molar-refractivity contribution >= 4 is 5.78 Å². The summed E-state index contributed by atoms with van der Waals surface area (Å²) in [6.07, 6.45) is 0. The zero-order valence-electron chi connectivity index (χ0n) is 6.38. The summed E-state index contributed by atoms with van der Waals surface area (Å²) in [7, 11) is 0. The Hall–Kier alpha value is -0.930. The van der Waals surface area contributed by atoms with E-state index in [1.165, 1.54) is 20.8 Å². The largest absolute Gasteiger partial charge is 0.300 e. The van der Waals surface area contributed by atoms with Crippen LogP contribution in [0.25, 0.3) is 0 Å². The Labute approximate surface area is 59.4 Å². The van der Waals surface area contributed by atoms with Crippen LogP contribution in [0.15, 0.2) is 0 Å². The van der Waals surface area contributed by atoms with E-state index >= 15 is 0 Å². The van der Waals surface area contributed by atoms with Crippen LogP contribution in [0.2, 0.25) is 0 Å². The molecule has 0 aliphatic heterocycles. The summed E-state index contributed by atoms with van der Waals surface area (Å²) < 4.78 is 0. The number of ketones is 1. The third-order valence-electron chi connectivity index (χ3n) is 1.18. The molecule has 4 nitrogen and oxygen atoms in total. The molecule has 58 valence electrons. The molecule has 0 fully saturated rings. The molecule has 0 unspecified atom stereocenters. The first-order chi connectivity index (χ1) is 4.36. The summed E-state index contributed by atoms with van der Waals surface area (Å²) in [5, 5.41) is 10.2. The van der Waals surface area contributed by atoms with Gasteiger partial charge in [0.2, 0.25) is 5.54 Å². The topological polar surface area (TPSA) is 60.2 Å². The lowest BCUT2D eigenvalue weighted by Gasteiger charge is -2.12. The third kappa shape index (κ3) is 2.57. The van der Waals surface area contributed by atoms with Gasteiger partial charge < -0.3 is 0 Å². The highest BCUT2D eigenvalue weighted by molar-refractivity contribution is 5.76. The number of rotatable bonds is 3. The molecule has 0 amide bonds. The molecule has 0 saturated carbocycles. The van der Waals surface area contributed by atoms with Crippen LogP contribution in [0, 0.1) is 10.1 Å². The molecule has 0 aliphatic carbocycles. The average Bonchev–Trinajstić information content (AvgIpc) is 1.60. The quantitative estimate of drug-likeness (QED) is 0.440. The van der Waals surface area contributed by atoms with Gasteiger partial charge in [-0.1, -0.05) is 0 Å². The Bertz CT molecular complexity index is 162. The monoisotopic (exact) mass is 145 g/mol. The van der Waals surface area contributed by atoms with Crippen molar-refractivity contribution in [3.63, 3.8) is 0 Å². The van der Waals surface area contributed by atoms with Crippen molar-refractivity contribution in [3.05, 3.63) is 10.1 Å². The van der Waals surface area contributed by atoms with Gasteiger partial charge in [0.25, 0.3) is 0 Å². The molecule has 0 aromatic heterocycles. The Morgan fingerprint density at radius 2 is 2.00 bits per heavy atom. The highest BCUT2D eigenvalue weighted by atomic mass is 16.6. The second-order valence-corrected chi connectivity index (χ2v) is 2.95. The van der Waals surface area contributed by atoms with E-state index in [1.807, 2.05) is 0 Å². The maximum atomic E-state index is 10.5. The normalized spacial score (nSPS) is 11.1. The maximum Gasteiger partial charge on any atom is 0.223 e. The summed E-state index contributed by atoms with van der Waals surface area (Å²) in [5.41, 5.74) is -1.11. The van der Waals surface area contributed by atoms with E-state index in [4.69, 9.17) is 0 Å². The van der Waals surface area contributed by atoms with Crippen molar-refractivity contribution in [3.8, 4) is 0 Å². The van der Waals surface area contributed by atoms with Crippen molar-refractivity contribution in [2.24, 2.45) is 0 Å². The van der Waals surface area contributed by atoms with Crippen molar-refractivity contribution in [1.82, 2.24) is 0 Å². The van der Waals surface area contributed by atoms with Crippen LogP contribution in [0.3, 0.4) is 0 Å². The maximum absolute atomic E-state index is 10.5. The highest BCUT2D eigenvalue weighted by Crippen LogP contribution is 2.12. The van der Waals surface area contributed by atoms with Crippen LogP contribution < -0.4 is 0 Å². The third-order valence-corrected chi connectivity index (χ3v) is 1.18. The van der Waals surface area contributed by atoms with Crippen molar-refractivity contribution in [1.29, 1.82) is 0 Å². The molecule has 0 N–H and O–H groups in total. The highest BCUT2D eigenvalue weighted by Gasteiger charge is 2.31. The van der Waals surface area contributed by atoms with Gasteiger partial charge in [0, 0.05) is 18.8 Å². The van der Waals surface area contributed by atoms with Gasteiger partial charge in [-0.05, 0) is 6.92 Å². The first-order valence-electron chi connectivity index (χ1n) is 3.00. The Morgan fingerprint density at radius 1 is 1.60 bits per heavy atom. The Morgan fingerprint density at radius 3 is 2.10 bits per heavy atom. The lowest BCUT2D eigenvalue weighted by Crippen LogP contribution is -2.32. The zero-order chi connectivity index (χ0) is 8.36. The van der Waals surface area contributed by atoms with Crippen LogP contribution >= 0.6 is 0 Å². The van der Waals surface area contributed by atoms with Crippen molar-refractivity contribution in [2.45, 2.75) is 32.7 Å². The average molecular weight is 145 g/mol. The fraction of sp³-hybridized carbons (Fsp3) is 0.833. The molecule has 0 bridgehead atoms. The second-order valence-electron chi connectivity index (χ2n) is 2.95. The molecule has 0 aromatic rings. The lowest BCUT2D eigenvalue weighted by molar-refractivity contribution is -0.559. The first kappa shape index (κ1) is 9.07. The zero-order valence-corrected chi connectivity index (χ0v) is 6.38. The fourth-order valence-electron chi connectivity index (χ4n) is 0.674.